The summed E-state index contributed by atoms with van der Waals surface area (Å²) in [5.41, 5.74) is 7.41. The van der Waals surface area contributed by atoms with Crippen molar-refractivity contribution >= 4 is 0 Å². The molecule has 0 saturated carbocycles. The highest BCUT2D eigenvalue weighted by molar-refractivity contribution is 5.60. The monoisotopic (exact) mass is 367 g/mol. The Balaban J connectivity index is 2.32. The quantitative estimate of drug-likeness (QED) is 0.841. The first-order valence-electron chi connectivity index (χ1n) is 8.71. The molecule has 0 unspecified atom stereocenters. The molecule has 1 aliphatic heterocycles. The van der Waals surface area contributed by atoms with E-state index in [0.717, 1.165) is 0 Å². The highest BCUT2D eigenvalue weighted by Gasteiger charge is 2.35. The van der Waals surface area contributed by atoms with Crippen molar-refractivity contribution in [3.8, 4) is 23.3 Å². The Morgan fingerprint density at radius 1 is 1.30 bits per heavy atom. The number of hydrogen-bond donors (Lipinski definition) is 2. The lowest BCUT2D eigenvalue weighted by Gasteiger charge is -2.27. The van der Waals surface area contributed by atoms with E-state index in [1.54, 1.807) is 31.2 Å². The molecule has 0 spiro atoms. The number of pyridine rings is 1. The van der Waals surface area contributed by atoms with Crippen molar-refractivity contribution in [3.05, 3.63) is 62.9 Å². The van der Waals surface area contributed by atoms with Gasteiger partial charge >= 0.3 is 0 Å². The van der Waals surface area contributed by atoms with Crippen LogP contribution >= 0.6 is 0 Å². The number of aromatic amines is 1. The van der Waals surface area contributed by atoms with Crippen molar-refractivity contribution in [1.29, 1.82) is 5.26 Å². The summed E-state index contributed by atoms with van der Waals surface area (Å²) in [5.74, 6) is 0.626. The molecular weight excluding hydrogens is 346 g/mol. The van der Waals surface area contributed by atoms with Gasteiger partial charge in [0.15, 0.2) is 11.5 Å². The fourth-order valence-corrected chi connectivity index (χ4v) is 3.25. The number of nitrogens with zero attached hydrogens (tertiary/aromatic N) is 1. The maximum atomic E-state index is 12.7. The summed E-state index contributed by atoms with van der Waals surface area (Å²) in [4.78, 5) is 15.5. The van der Waals surface area contributed by atoms with Gasteiger partial charge < -0.3 is 24.9 Å². The van der Waals surface area contributed by atoms with Gasteiger partial charge in [-0.1, -0.05) is 12.1 Å². The lowest BCUT2D eigenvalue weighted by molar-refractivity contribution is 0.284. The zero-order valence-electron chi connectivity index (χ0n) is 15.5. The second-order valence-electron chi connectivity index (χ2n) is 6.02. The summed E-state index contributed by atoms with van der Waals surface area (Å²) in [7, 11) is 0. The fraction of sp³-hybridized carbons (Fsp3) is 0.300. The standard InChI is InChI=1S/C20H21N3O4/c1-4-25-14-8-6-7-12(18(14)26-5-2)16-13(10-21)19(22)27-15-9-11(3)23-20(24)17(15)16/h6-9,16H,4-5,22H2,1-3H3,(H,23,24)/t16-/m0/s1. The molecule has 2 aromatic rings. The highest BCUT2D eigenvalue weighted by Crippen LogP contribution is 2.46. The minimum atomic E-state index is -0.718. The number of aromatic nitrogens is 1. The average molecular weight is 367 g/mol. The number of nitriles is 1. The van der Waals surface area contributed by atoms with Gasteiger partial charge in [0.1, 0.15) is 17.4 Å². The second kappa shape index (κ2) is 7.46. The van der Waals surface area contributed by atoms with E-state index in [2.05, 4.69) is 11.1 Å². The molecule has 7 nitrogen and oxygen atoms in total. The van der Waals surface area contributed by atoms with Crippen LogP contribution in [-0.4, -0.2) is 18.2 Å². The van der Waals surface area contributed by atoms with Crippen LogP contribution in [0.4, 0.5) is 0 Å². The van der Waals surface area contributed by atoms with Gasteiger partial charge in [-0.05, 0) is 26.8 Å². The van der Waals surface area contributed by atoms with E-state index in [-0.39, 0.29) is 17.0 Å². The number of benzene rings is 1. The molecule has 0 radical (unpaired) electrons. The van der Waals surface area contributed by atoms with E-state index >= 15 is 0 Å². The molecule has 1 atom stereocenters. The number of rotatable bonds is 5. The Bertz CT molecular complexity index is 1000. The third-order valence-corrected chi connectivity index (χ3v) is 4.26. The Hall–Kier alpha value is -3.40. The van der Waals surface area contributed by atoms with E-state index in [1.165, 1.54) is 0 Å². The van der Waals surface area contributed by atoms with Crippen molar-refractivity contribution in [2.75, 3.05) is 13.2 Å². The largest absolute Gasteiger partial charge is 0.490 e. The summed E-state index contributed by atoms with van der Waals surface area (Å²) in [6.07, 6.45) is 0. The van der Waals surface area contributed by atoms with E-state index in [9.17, 15) is 10.1 Å². The van der Waals surface area contributed by atoms with Crippen molar-refractivity contribution < 1.29 is 14.2 Å². The third kappa shape index (κ3) is 3.22. The molecule has 0 aliphatic carbocycles. The van der Waals surface area contributed by atoms with E-state index in [1.807, 2.05) is 13.8 Å². The molecular formula is C20H21N3O4. The minimum absolute atomic E-state index is 0.0238. The van der Waals surface area contributed by atoms with Crippen LogP contribution < -0.4 is 25.5 Å². The number of ether oxygens (including phenoxy) is 3. The number of nitrogens with two attached hydrogens (primary N) is 1. The van der Waals surface area contributed by atoms with Gasteiger partial charge in [-0.2, -0.15) is 5.26 Å². The average Bonchev–Trinajstić information content (AvgIpc) is 2.62. The molecule has 0 amide bonds. The topological polar surface area (TPSA) is 110 Å². The molecule has 1 aliphatic rings. The highest BCUT2D eigenvalue weighted by atomic mass is 16.5. The Morgan fingerprint density at radius 2 is 2.04 bits per heavy atom. The molecule has 0 bridgehead atoms. The molecule has 1 aromatic heterocycles. The Labute approximate surface area is 157 Å². The van der Waals surface area contributed by atoms with Gasteiger partial charge in [0.2, 0.25) is 5.88 Å². The normalized spacial score (nSPS) is 15.6. The molecule has 0 fully saturated rings. The van der Waals surface area contributed by atoms with Gasteiger partial charge in [0.25, 0.3) is 5.56 Å². The first-order valence-corrected chi connectivity index (χ1v) is 8.71. The lowest BCUT2D eigenvalue weighted by atomic mass is 9.83. The van der Waals surface area contributed by atoms with E-state index < -0.39 is 5.92 Å². The molecule has 3 rings (SSSR count). The molecule has 1 aromatic carbocycles. The summed E-state index contributed by atoms with van der Waals surface area (Å²) in [6.45, 7) is 6.34. The van der Waals surface area contributed by atoms with Crippen LogP contribution in [0.5, 0.6) is 17.2 Å². The van der Waals surface area contributed by atoms with Crippen molar-refractivity contribution in [2.24, 2.45) is 5.73 Å². The number of fused-ring (bicyclic) bond motifs is 1. The van der Waals surface area contributed by atoms with Crippen molar-refractivity contribution in [2.45, 2.75) is 26.7 Å². The van der Waals surface area contributed by atoms with Crippen LogP contribution in [0, 0.1) is 18.3 Å². The number of aryl methyl sites for hydroxylation is 1. The van der Waals surface area contributed by atoms with Crippen LogP contribution in [0.2, 0.25) is 0 Å². The molecule has 3 N–H and O–H groups in total. The van der Waals surface area contributed by atoms with Gasteiger partial charge in [-0.25, -0.2) is 0 Å². The first-order chi connectivity index (χ1) is 13.0. The summed E-state index contributed by atoms with van der Waals surface area (Å²) in [5, 5.41) is 9.71. The molecule has 7 heteroatoms. The van der Waals surface area contributed by atoms with Crippen molar-refractivity contribution in [1.82, 2.24) is 4.98 Å². The molecule has 27 heavy (non-hydrogen) atoms. The summed E-state index contributed by atoms with van der Waals surface area (Å²) in [6, 6.07) is 9.17. The molecule has 2 heterocycles. The summed E-state index contributed by atoms with van der Waals surface area (Å²) >= 11 is 0. The SMILES string of the molecule is CCOc1cccc([C@H]2C(C#N)=C(N)Oc3cc(C)[nH]c(=O)c32)c1OCC. The fourth-order valence-electron chi connectivity index (χ4n) is 3.25. The number of allylic oxidation sites excluding steroid dienone is 1. The first kappa shape index (κ1) is 18.4. The van der Waals surface area contributed by atoms with Gasteiger partial charge in [0, 0.05) is 17.3 Å². The van der Waals surface area contributed by atoms with Gasteiger partial charge in [-0.3, -0.25) is 4.79 Å². The zero-order valence-corrected chi connectivity index (χ0v) is 15.5. The van der Waals surface area contributed by atoms with Crippen LogP contribution in [0.25, 0.3) is 0 Å². The maximum Gasteiger partial charge on any atom is 0.256 e. The lowest BCUT2D eigenvalue weighted by Crippen LogP contribution is -2.28. The Kier molecular flexibility index (Phi) is 5.08. The van der Waals surface area contributed by atoms with E-state index in [4.69, 9.17) is 19.9 Å². The summed E-state index contributed by atoms with van der Waals surface area (Å²) < 4.78 is 17.1. The van der Waals surface area contributed by atoms with Crippen LogP contribution in [0.15, 0.2) is 40.5 Å². The number of para-hydroxylation sites is 1. The van der Waals surface area contributed by atoms with Crippen molar-refractivity contribution in [3.63, 3.8) is 0 Å². The molecule has 0 saturated heterocycles. The predicted molar refractivity (Wildman–Crippen MR) is 99.9 cm³/mol. The Morgan fingerprint density at radius 3 is 2.70 bits per heavy atom. The minimum Gasteiger partial charge on any atom is -0.490 e. The third-order valence-electron chi connectivity index (χ3n) is 4.26. The van der Waals surface area contributed by atoms with Crippen LogP contribution in [0.3, 0.4) is 0 Å². The number of hydrogen-bond acceptors (Lipinski definition) is 6. The number of H-pyrrole nitrogens is 1. The van der Waals surface area contributed by atoms with E-state index in [0.29, 0.717) is 47.3 Å². The second-order valence-corrected chi connectivity index (χ2v) is 6.02. The van der Waals surface area contributed by atoms with Gasteiger partial charge in [-0.15, -0.1) is 0 Å². The zero-order chi connectivity index (χ0) is 19.6. The maximum absolute atomic E-state index is 12.7. The molecule has 140 valence electrons. The van der Waals surface area contributed by atoms with Crippen LogP contribution in [0.1, 0.15) is 36.6 Å². The smallest absolute Gasteiger partial charge is 0.256 e. The number of nitrogens with one attached hydrogen (secondary N) is 1. The predicted octanol–water partition coefficient (Wildman–Crippen LogP) is 2.70. The van der Waals surface area contributed by atoms with Crippen LogP contribution in [-0.2, 0) is 0 Å². The van der Waals surface area contributed by atoms with Gasteiger partial charge in [0.05, 0.1) is 24.7 Å².